The predicted octanol–water partition coefficient (Wildman–Crippen LogP) is 4.40. The van der Waals surface area contributed by atoms with Gasteiger partial charge < -0.3 is 9.73 Å². The molecular weight excluding hydrogens is 262 g/mol. The van der Waals surface area contributed by atoms with Gasteiger partial charge in [-0.3, -0.25) is 4.79 Å². The number of furan rings is 1. The number of carbonyl (C=O) groups excluding carboxylic acids is 1. The van der Waals surface area contributed by atoms with Crippen molar-refractivity contribution in [2.24, 2.45) is 17.8 Å². The molecule has 0 spiro atoms. The van der Waals surface area contributed by atoms with Crippen molar-refractivity contribution in [3.63, 3.8) is 0 Å². The fourth-order valence-corrected chi connectivity index (χ4v) is 2.81. The van der Waals surface area contributed by atoms with Gasteiger partial charge in [0.1, 0.15) is 5.58 Å². The van der Waals surface area contributed by atoms with Crippen LogP contribution in [0.25, 0.3) is 11.0 Å². The molecule has 1 aromatic heterocycles. The van der Waals surface area contributed by atoms with Crippen LogP contribution >= 0.6 is 0 Å². The van der Waals surface area contributed by atoms with Gasteiger partial charge in [-0.25, -0.2) is 0 Å². The Bertz CT molecular complexity index is 617. The number of benzene rings is 1. The van der Waals surface area contributed by atoms with Crippen LogP contribution in [0.4, 0.5) is 0 Å². The van der Waals surface area contributed by atoms with Crippen LogP contribution in [-0.4, -0.2) is 12.5 Å². The van der Waals surface area contributed by atoms with Gasteiger partial charge in [-0.2, -0.15) is 0 Å². The number of aryl methyl sites for hydroxylation is 1. The Hall–Kier alpha value is -1.77. The smallest absolute Gasteiger partial charge is 0.287 e. The summed E-state index contributed by atoms with van der Waals surface area (Å²) in [7, 11) is 0. The zero-order valence-corrected chi connectivity index (χ0v) is 13.6. The van der Waals surface area contributed by atoms with Crippen LogP contribution in [0.15, 0.2) is 28.7 Å². The minimum atomic E-state index is -0.129. The molecule has 1 N–H and O–H groups in total. The molecule has 1 amide bonds. The van der Waals surface area contributed by atoms with Crippen molar-refractivity contribution < 1.29 is 9.21 Å². The van der Waals surface area contributed by atoms with E-state index in [2.05, 4.69) is 33.0 Å². The second kappa shape index (κ2) is 6.33. The van der Waals surface area contributed by atoms with Gasteiger partial charge in [-0.15, -0.1) is 0 Å². The number of rotatable bonds is 5. The molecule has 0 radical (unpaired) electrons. The van der Waals surface area contributed by atoms with Gasteiger partial charge in [0, 0.05) is 11.9 Å². The maximum Gasteiger partial charge on any atom is 0.287 e. The van der Waals surface area contributed by atoms with E-state index in [1.54, 1.807) is 0 Å². The Labute approximate surface area is 126 Å². The molecule has 0 aliphatic rings. The van der Waals surface area contributed by atoms with Gasteiger partial charge in [0.15, 0.2) is 5.76 Å². The highest BCUT2D eigenvalue weighted by molar-refractivity contribution is 5.96. The molecule has 0 fully saturated rings. The summed E-state index contributed by atoms with van der Waals surface area (Å²) in [6.07, 6.45) is 0. The Morgan fingerprint density at radius 2 is 1.81 bits per heavy atom. The Morgan fingerprint density at radius 1 is 1.14 bits per heavy atom. The first-order valence-electron chi connectivity index (χ1n) is 7.67. The molecule has 3 heteroatoms. The van der Waals surface area contributed by atoms with E-state index in [1.165, 1.54) is 0 Å². The lowest BCUT2D eigenvalue weighted by Gasteiger charge is -2.24. The molecule has 1 aromatic carbocycles. The Balaban J connectivity index is 2.08. The second-order valence-electron chi connectivity index (χ2n) is 6.51. The van der Waals surface area contributed by atoms with E-state index in [4.69, 9.17) is 4.42 Å². The summed E-state index contributed by atoms with van der Waals surface area (Å²) in [6.45, 7) is 11.5. The van der Waals surface area contributed by atoms with Crippen LogP contribution in [0.5, 0.6) is 0 Å². The van der Waals surface area contributed by atoms with Crippen molar-refractivity contribution in [3.8, 4) is 0 Å². The largest absolute Gasteiger partial charge is 0.451 e. The van der Waals surface area contributed by atoms with Crippen LogP contribution in [0.3, 0.4) is 0 Å². The normalized spacial score (nSPS) is 11.8. The first-order chi connectivity index (χ1) is 9.88. The summed E-state index contributed by atoms with van der Waals surface area (Å²) in [5.74, 6) is 1.82. The number of hydrogen-bond acceptors (Lipinski definition) is 2. The van der Waals surface area contributed by atoms with E-state index < -0.39 is 0 Å². The minimum absolute atomic E-state index is 0.129. The number of hydrogen-bond donors (Lipinski definition) is 1. The van der Waals surface area contributed by atoms with Crippen LogP contribution < -0.4 is 5.32 Å². The van der Waals surface area contributed by atoms with Gasteiger partial charge in [0.25, 0.3) is 5.91 Å². The fraction of sp³-hybridized carbons (Fsp3) is 0.500. The summed E-state index contributed by atoms with van der Waals surface area (Å²) in [5, 5.41) is 3.98. The molecule has 0 saturated heterocycles. The SMILES string of the molecule is Cc1ccc2oc(C(=O)NCC(C(C)C)C(C)C)cc2c1. The van der Waals surface area contributed by atoms with Crippen molar-refractivity contribution in [1.29, 1.82) is 0 Å². The highest BCUT2D eigenvalue weighted by Gasteiger charge is 2.19. The Morgan fingerprint density at radius 3 is 2.43 bits per heavy atom. The average molecular weight is 287 g/mol. The van der Waals surface area contributed by atoms with Crippen molar-refractivity contribution in [1.82, 2.24) is 5.32 Å². The van der Waals surface area contributed by atoms with Gasteiger partial charge in [-0.1, -0.05) is 39.3 Å². The molecule has 114 valence electrons. The van der Waals surface area contributed by atoms with E-state index in [-0.39, 0.29) is 5.91 Å². The fourth-order valence-electron chi connectivity index (χ4n) is 2.81. The molecule has 0 atom stereocenters. The van der Waals surface area contributed by atoms with Crippen LogP contribution in [0.1, 0.15) is 43.8 Å². The second-order valence-corrected chi connectivity index (χ2v) is 6.51. The van der Waals surface area contributed by atoms with Gasteiger partial charge in [-0.05, 0) is 42.9 Å². The van der Waals surface area contributed by atoms with Gasteiger partial charge in [0.05, 0.1) is 0 Å². The molecule has 0 aliphatic carbocycles. The van der Waals surface area contributed by atoms with E-state index >= 15 is 0 Å². The molecule has 2 aromatic rings. The summed E-state index contributed by atoms with van der Waals surface area (Å²) in [6, 6.07) is 7.74. The number of nitrogens with one attached hydrogen (secondary N) is 1. The summed E-state index contributed by atoms with van der Waals surface area (Å²) < 4.78 is 5.63. The lowest BCUT2D eigenvalue weighted by molar-refractivity contribution is 0.0911. The molecule has 1 heterocycles. The zero-order valence-electron chi connectivity index (χ0n) is 13.6. The third kappa shape index (κ3) is 3.66. The molecule has 21 heavy (non-hydrogen) atoms. The van der Waals surface area contributed by atoms with E-state index in [0.717, 1.165) is 16.5 Å². The average Bonchev–Trinajstić information content (AvgIpc) is 2.80. The highest BCUT2D eigenvalue weighted by atomic mass is 16.3. The van der Waals surface area contributed by atoms with Gasteiger partial charge in [0.2, 0.25) is 0 Å². The van der Waals surface area contributed by atoms with Crippen LogP contribution in [-0.2, 0) is 0 Å². The summed E-state index contributed by atoms with van der Waals surface area (Å²) in [5.41, 5.74) is 1.92. The van der Waals surface area contributed by atoms with Crippen LogP contribution in [0, 0.1) is 24.7 Å². The molecule has 3 nitrogen and oxygen atoms in total. The van der Waals surface area contributed by atoms with Gasteiger partial charge >= 0.3 is 0 Å². The van der Waals surface area contributed by atoms with Crippen LogP contribution in [0.2, 0.25) is 0 Å². The number of amides is 1. The lowest BCUT2D eigenvalue weighted by atomic mass is 9.85. The maximum absolute atomic E-state index is 12.2. The third-order valence-corrected chi connectivity index (χ3v) is 4.11. The molecule has 0 unspecified atom stereocenters. The van der Waals surface area contributed by atoms with Crippen molar-refractivity contribution >= 4 is 16.9 Å². The topological polar surface area (TPSA) is 42.2 Å². The monoisotopic (exact) mass is 287 g/mol. The minimum Gasteiger partial charge on any atom is -0.451 e. The lowest BCUT2D eigenvalue weighted by Crippen LogP contribution is -2.33. The molecule has 0 saturated carbocycles. The third-order valence-electron chi connectivity index (χ3n) is 4.11. The first-order valence-corrected chi connectivity index (χ1v) is 7.67. The maximum atomic E-state index is 12.2. The molecule has 0 aliphatic heterocycles. The standard InChI is InChI=1S/C18H25NO2/c1-11(2)15(12(3)4)10-19-18(20)17-9-14-8-13(5)6-7-16(14)21-17/h6-9,11-12,15H,10H2,1-5H3,(H,19,20). The highest BCUT2D eigenvalue weighted by Crippen LogP contribution is 2.22. The quantitative estimate of drug-likeness (QED) is 0.885. The van der Waals surface area contributed by atoms with Crippen molar-refractivity contribution in [3.05, 3.63) is 35.6 Å². The number of carbonyl (C=O) groups is 1. The Kier molecular flexibility index (Phi) is 4.71. The number of fused-ring (bicyclic) bond motifs is 1. The summed E-state index contributed by atoms with van der Waals surface area (Å²) in [4.78, 5) is 12.2. The van der Waals surface area contributed by atoms with E-state index in [1.807, 2.05) is 31.2 Å². The predicted molar refractivity (Wildman–Crippen MR) is 86.5 cm³/mol. The molecule has 2 rings (SSSR count). The molecule has 0 bridgehead atoms. The zero-order chi connectivity index (χ0) is 15.6. The first kappa shape index (κ1) is 15.6. The van der Waals surface area contributed by atoms with E-state index in [9.17, 15) is 4.79 Å². The summed E-state index contributed by atoms with van der Waals surface area (Å²) >= 11 is 0. The molecular formula is C18H25NO2. The van der Waals surface area contributed by atoms with Crippen molar-refractivity contribution in [2.45, 2.75) is 34.6 Å². The van der Waals surface area contributed by atoms with Crippen molar-refractivity contribution in [2.75, 3.05) is 6.54 Å². The van der Waals surface area contributed by atoms with E-state index in [0.29, 0.717) is 30.1 Å².